The van der Waals surface area contributed by atoms with Gasteiger partial charge in [-0.25, -0.2) is 0 Å². The van der Waals surface area contributed by atoms with Crippen LogP contribution in [0.2, 0.25) is 0 Å². The van der Waals surface area contributed by atoms with Crippen molar-refractivity contribution in [2.45, 2.75) is 0 Å². The number of anilines is 6. The molecule has 0 aliphatic carbocycles. The largest absolute Gasteiger partial charge is 0.453 e. The summed E-state index contributed by atoms with van der Waals surface area (Å²) in [5, 5.41) is 0. The van der Waals surface area contributed by atoms with Crippen molar-refractivity contribution in [2.24, 2.45) is 0 Å². The zero-order valence-corrected chi connectivity index (χ0v) is 22.5. The lowest BCUT2D eigenvalue weighted by molar-refractivity contribution is 0.103. The van der Waals surface area contributed by atoms with Crippen molar-refractivity contribution < 1.29 is 14.3 Å². The molecule has 6 aromatic rings. The Hall–Kier alpha value is -5.81. The number of ketones is 1. The molecular formula is C37H24N2O3. The van der Waals surface area contributed by atoms with Crippen LogP contribution in [0.5, 0.6) is 23.0 Å². The van der Waals surface area contributed by atoms with Gasteiger partial charge in [-0.15, -0.1) is 0 Å². The van der Waals surface area contributed by atoms with E-state index in [0.29, 0.717) is 11.1 Å². The Kier molecular flexibility index (Phi) is 5.54. The molecule has 5 nitrogen and oxygen atoms in total. The lowest BCUT2D eigenvalue weighted by atomic mass is 10.0. The maximum Gasteiger partial charge on any atom is 0.193 e. The molecule has 8 rings (SSSR count). The molecule has 0 fully saturated rings. The molecule has 0 spiro atoms. The first kappa shape index (κ1) is 24.0. The standard InChI is InChI=1S/C37H24N2O3/c40-37(25-11-9-13-27(23-25)38-29-15-1-5-19-33(29)41-34-20-6-2-16-30(34)38)26-12-10-14-28(24-26)39-31-17-3-7-21-35(31)42-36-22-8-4-18-32(36)39/h1-24H. The minimum absolute atomic E-state index is 0.0524. The van der Waals surface area contributed by atoms with Gasteiger partial charge in [-0.1, -0.05) is 72.8 Å². The Balaban J connectivity index is 1.19. The number of ether oxygens (including phenoxy) is 2. The van der Waals surface area contributed by atoms with Crippen molar-refractivity contribution in [1.82, 2.24) is 0 Å². The molecule has 0 aromatic heterocycles. The van der Waals surface area contributed by atoms with Crippen LogP contribution in [0.4, 0.5) is 34.1 Å². The van der Waals surface area contributed by atoms with Gasteiger partial charge in [0, 0.05) is 22.5 Å². The van der Waals surface area contributed by atoms with Crippen LogP contribution in [0.15, 0.2) is 146 Å². The van der Waals surface area contributed by atoms with E-state index in [1.807, 2.05) is 146 Å². The van der Waals surface area contributed by atoms with E-state index in [9.17, 15) is 4.79 Å². The molecular weight excluding hydrogens is 520 g/mol. The van der Waals surface area contributed by atoms with E-state index < -0.39 is 0 Å². The average molecular weight is 545 g/mol. The molecule has 2 aliphatic rings. The number of hydrogen-bond donors (Lipinski definition) is 0. The van der Waals surface area contributed by atoms with E-state index in [0.717, 1.165) is 57.1 Å². The van der Waals surface area contributed by atoms with Crippen LogP contribution >= 0.6 is 0 Å². The monoisotopic (exact) mass is 544 g/mol. The van der Waals surface area contributed by atoms with Crippen molar-refractivity contribution in [3.8, 4) is 23.0 Å². The van der Waals surface area contributed by atoms with Gasteiger partial charge in [0.05, 0.1) is 22.7 Å². The highest BCUT2D eigenvalue weighted by molar-refractivity contribution is 6.10. The van der Waals surface area contributed by atoms with Crippen molar-refractivity contribution in [3.05, 3.63) is 157 Å². The van der Waals surface area contributed by atoms with Gasteiger partial charge in [0.15, 0.2) is 28.8 Å². The number of rotatable bonds is 4. The Morgan fingerprint density at radius 3 is 1.10 bits per heavy atom. The van der Waals surface area contributed by atoms with Crippen LogP contribution in [-0.4, -0.2) is 5.78 Å². The zero-order valence-electron chi connectivity index (χ0n) is 22.5. The predicted molar refractivity (Wildman–Crippen MR) is 166 cm³/mol. The number of benzene rings is 6. The van der Waals surface area contributed by atoms with Crippen LogP contribution < -0.4 is 19.3 Å². The molecule has 2 aliphatic heterocycles. The summed E-state index contributed by atoms with van der Waals surface area (Å²) in [4.78, 5) is 18.3. The molecule has 0 N–H and O–H groups in total. The maximum absolute atomic E-state index is 14.0. The molecule has 0 radical (unpaired) electrons. The minimum atomic E-state index is -0.0524. The van der Waals surface area contributed by atoms with E-state index >= 15 is 0 Å². The first-order valence-corrected chi connectivity index (χ1v) is 13.8. The van der Waals surface area contributed by atoms with Gasteiger partial charge in [0.25, 0.3) is 0 Å². The summed E-state index contributed by atoms with van der Waals surface area (Å²) in [7, 11) is 0. The van der Waals surface area contributed by atoms with Crippen molar-refractivity contribution >= 4 is 39.9 Å². The highest BCUT2D eigenvalue weighted by Gasteiger charge is 2.27. The minimum Gasteiger partial charge on any atom is -0.453 e. The Morgan fingerprint density at radius 1 is 0.405 bits per heavy atom. The van der Waals surface area contributed by atoms with Crippen molar-refractivity contribution in [3.63, 3.8) is 0 Å². The zero-order chi connectivity index (χ0) is 28.0. The maximum atomic E-state index is 14.0. The van der Waals surface area contributed by atoms with Gasteiger partial charge in [-0.3, -0.25) is 4.79 Å². The van der Waals surface area contributed by atoms with Crippen molar-refractivity contribution in [1.29, 1.82) is 0 Å². The second kappa shape index (κ2) is 9.68. The predicted octanol–water partition coefficient (Wildman–Crippen LogP) is 10.1. The summed E-state index contributed by atoms with van der Waals surface area (Å²) in [6.07, 6.45) is 0. The van der Waals surface area contributed by atoms with Gasteiger partial charge < -0.3 is 19.3 Å². The van der Waals surface area contributed by atoms with Crippen LogP contribution in [0, 0.1) is 0 Å². The lowest BCUT2D eigenvalue weighted by Crippen LogP contribution is -2.17. The first-order valence-electron chi connectivity index (χ1n) is 13.8. The number of carbonyl (C=O) groups is 1. The van der Waals surface area contributed by atoms with Gasteiger partial charge in [0.2, 0.25) is 0 Å². The molecule has 0 saturated heterocycles. The summed E-state index contributed by atoms with van der Waals surface area (Å²) in [6.45, 7) is 0. The second-order valence-electron chi connectivity index (χ2n) is 10.2. The molecule has 6 aromatic carbocycles. The van der Waals surface area contributed by atoms with Crippen molar-refractivity contribution in [2.75, 3.05) is 9.80 Å². The summed E-state index contributed by atoms with van der Waals surface area (Å²) in [6, 6.07) is 47.3. The fourth-order valence-corrected chi connectivity index (χ4v) is 5.70. The third kappa shape index (κ3) is 3.91. The average Bonchev–Trinajstić information content (AvgIpc) is 3.05. The molecule has 2 heterocycles. The molecule has 5 heteroatoms. The normalized spacial score (nSPS) is 12.7. The third-order valence-electron chi connectivity index (χ3n) is 7.60. The smallest absolute Gasteiger partial charge is 0.193 e. The van der Waals surface area contributed by atoms with Gasteiger partial charge >= 0.3 is 0 Å². The fraction of sp³-hybridized carbons (Fsp3) is 0. The third-order valence-corrected chi connectivity index (χ3v) is 7.60. The lowest BCUT2D eigenvalue weighted by Gasteiger charge is -2.33. The molecule has 0 amide bonds. The highest BCUT2D eigenvalue weighted by atomic mass is 16.5. The van der Waals surface area contributed by atoms with Gasteiger partial charge in [-0.2, -0.15) is 0 Å². The molecule has 0 atom stereocenters. The first-order chi connectivity index (χ1) is 20.7. The van der Waals surface area contributed by atoms with Crippen LogP contribution in [0.25, 0.3) is 0 Å². The second-order valence-corrected chi connectivity index (χ2v) is 10.2. The van der Waals surface area contributed by atoms with E-state index in [1.54, 1.807) is 0 Å². The number of nitrogens with zero attached hydrogens (tertiary/aromatic N) is 2. The number of hydrogen-bond acceptors (Lipinski definition) is 5. The molecule has 200 valence electrons. The SMILES string of the molecule is O=C(c1cccc(N2c3ccccc3Oc3ccccc32)c1)c1cccc(N2c3ccccc3Oc3ccccc32)c1. The Labute approximate surface area is 243 Å². The van der Waals surface area contributed by atoms with E-state index in [2.05, 4.69) is 9.80 Å². The quantitative estimate of drug-likeness (QED) is 0.206. The fourth-order valence-electron chi connectivity index (χ4n) is 5.70. The highest BCUT2D eigenvalue weighted by Crippen LogP contribution is 2.51. The molecule has 0 bridgehead atoms. The number of para-hydroxylation sites is 8. The summed E-state index contributed by atoms with van der Waals surface area (Å²) < 4.78 is 12.3. The topological polar surface area (TPSA) is 42.0 Å². The summed E-state index contributed by atoms with van der Waals surface area (Å²) >= 11 is 0. The Morgan fingerprint density at radius 2 is 0.738 bits per heavy atom. The van der Waals surface area contributed by atoms with E-state index in [-0.39, 0.29) is 5.78 Å². The Bertz CT molecular complexity index is 1770. The van der Waals surface area contributed by atoms with Gasteiger partial charge in [0.1, 0.15) is 0 Å². The van der Waals surface area contributed by atoms with E-state index in [1.165, 1.54) is 0 Å². The summed E-state index contributed by atoms with van der Waals surface area (Å²) in [5.74, 6) is 3.03. The van der Waals surface area contributed by atoms with Crippen LogP contribution in [-0.2, 0) is 0 Å². The molecule has 0 unspecified atom stereocenters. The summed E-state index contributed by atoms with van der Waals surface area (Å²) in [5.41, 5.74) is 6.68. The van der Waals surface area contributed by atoms with Gasteiger partial charge in [-0.05, 0) is 72.8 Å². The number of fused-ring (bicyclic) bond motifs is 4. The van der Waals surface area contributed by atoms with Crippen LogP contribution in [0.3, 0.4) is 0 Å². The van der Waals surface area contributed by atoms with Crippen LogP contribution in [0.1, 0.15) is 15.9 Å². The molecule has 0 saturated carbocycles. The molecule has 42 heavy (non-hydrogen) atoms. The van der Waals surface area contributed by atoms with E-state index in [4.69, 9.17) is 9.47 Å². The number of carbonyl (C=O) groups excluding carboxylic acids is 1.